The fraction of sp³-hybridized carbons (Fsp3) is 0.250. The lowest BCUT2D eigenvalue weighted by atomic mass is 10.3. The maximum Gasteiger partial charge on any atom is 0.253 e. The molecule has 1 N–H and O–H groups in total. The highest BCUT2D eigenvalue weighted by atomic mass is 79.9. The van der Waals surface area contributed by atoms with Crippen LogP contribution in [0.15, 0.2) is 21.8 Å². The van der Waals surface area contributed by atoms with Gasteiger partial charge in [0.2, 0.25) is 0 Å². The van der Waals surface area contributed by atoms with Crippen LogP contribution in [0.2, 0.25) is 0 Å². The molecule has 0 aliphatic rings. The Morgan fingerprint density at radius 3 is 2.92 bits per heavy atom. The van der Waals surface area contributed by atoms with Crippen LogP contribution >= 0.6 is 27.7 Å². The minimum atomic E-state index is -0.113. The number of pyridine rings is 1. The van der Waals surface area contributed by atoms with Gasteiger partial charge in [0.05, 0.1) is 5.56 Å². The molecule has 1 rings (SSSR count). The molecule has 0 bridgehead atoms. The van der Waals surface area contributed by atoms with Gasteiger partial charge in [-0.15, -0.1) is 11.8 Å². The summed E-state index contributed by atoms with van der Waals surface area (Å²) in [5.74, 6) is -0.113. The highest BCUT2D eigenvalue weighted by Gasteiger charge is 2.10. The number of halogens is 1. The first-order valence-corrected chi connectivity index (χ1v) is 5.62. The minimum absolute atomic E-state index is 0.113. The predicted molar refractivity (Wildman–Crippen MR) is 57.1 cm³/mol. The van der Waals surface area contributed by atoms with Gasteiger partial charge in [0.25, 0.3) is 5.91 Å². The Hall–Kier alpha value is -0.550. The summed E-state index contributed by atoms with van der Waals surface area (Å²) in [5, 5.41) is 3.31. The molecule has 0 unspecified atom stereocenters. The molecule has 1 aromatic rings. The highest BCUT2D eigenvalue weighted by Crippen LogP contribution is 2.20. The van der Waals surface area contributed by atoms with Gasteiger partial charge in [-0.05, 0) is 28.3 Å². The molecular formula is C8H9BrN2OS. The molecular weight excluding hydrogens is 252 g/mol. The summed E-state index contributed by atoms with van der Waals surface area (Å²) in [6.07, 6.45) is 3.57. The van der Waals surface area contributed by atoms with E-state index in [0.717, 1.165) is 9.50 Å². The van der Waals surface area contributed by atoms with Gasteiger partial charge < -0.3 is 5.32 Å². The van der Waals surface area contributed by atoms with E-state index in [9.17, 15) is 4.79 Å². The smallest absolute Gasteiger partial charge is 0.253 e. The first-order chi connectivity index (χ1) is 6.19. The zero-order valence-corrected chi connectivity index (χ0v) is 9.70. The number of thioether (sulfide) groups is 1. The Labute approximate surface area is 89.4 Å². The van der Waals surface area contributed by atoms with Crippen LogP contribution in [-0.4, -0.2) is 24.2 Å². The maximum atomic E-state index is 11.4. The molecule has 1 amide bonds. The number of nitrogens with zero attached hydrogens (tertiary/aromatic N) is 1. The lowest BCUT2D eigenvalue weighted by Gasteiger charge is -2.04. The van der Waals surface area contributed by atoms with Gasteiger partial charge in [0.1, 0.15) is 5.03 Å². The van der Waals surface area contributed by atoms with Crippen molar-refractivity contribution in [2.75, 3.05) is 13.3 Å². The first-order valence-electron chi connectivity index (χ1n) is 3.60. The summed E-state index contributed by atoms with van der Waals surface area (Å²) in [4.78, 5) is 15.5. The maximum absolute atomic E-state index is 11.4. The zero-order valence-electron chi connectivity index (χ0n) is 7.30. The van der Waals surface area contributed by atoms with Gasteiger partial charge >= 0.3 is 0 Å². The normalized spacial score (nSPS) is 9.77. The molecule has 0 fully saturated rings. The number of hydrogen-bond acceptors (Lipinski definition) is 3. The molecule has 0 atom stereocenters. The van der Waals surface area contributed by atoms with Gasteiger partial charge in [-0.1, -0.05) is 0 Å². The third kappa shape index (κ3) is 2.45. The molecule has 1 aromatic heterocycles. The SMILES string of the molecule is CNC(=O)c1cc(Br)cnc1SC. The van der Waals surface area contributed by atoms with Crippen molar-refractivity contribution in [1.29, 1.82) is 0 Å². The standard InChI is InChI=1S/C8H9BrN2OS/c1-10-7(12)6-3-5(9)4-11-8(6)13-2/h3-4H,1-2H3,(H,10,12). The van der Waals surface area contributed by atoms with Crippen LogP contribution in [0.25, 0.3) is 0 Å². The van der Waals surface area contributed by atoms with Crippen molar-refractivity contribution >= 4 is 33.6 Å². The van der Waals surface area contributed by atoms with E-state index in [4.69, 9.17) is 0 Å². The van der Waals surface area contributed by atoms with Crippen LogP contribution < -0.4 is 5.32 Å². The molecule has 0 aliphatic carbocycles. The second-order valence-electron chi connectivity index (χ2n) is 2.29. The monoisotopic (exact) mass is 260 g/mol. The molecule has 13 heavy (non-hydrogen) atoms. The Morgan fingerprint density at radius 1 is 1.69 bits per heavy atom. The molecule has 0 radical (unpaired) electrons. The number of amides is 1. The minimum Gasteiger partial charge on any atom is -0.355 e. The first kappa shape index (κ1) is 10.5. The second kappa shape index (κ2) is 4.62. The molecule has 1 heterocycles. The summed E-state index contributed by atoms with van der Waals surface area (Å²) in [6.45, 7) is 0. The molecule has 3 nitrogen and oxygen atoms in total. The zero-order chi connectivity index (χ0) is 9.84. The predicted octanol–water partition coefficient (Wildman–Crippen LogP) is 1.93. The van der Waals surface area contributed by atoms with Crippen molar-refractivity contribution in [2.45, 2.75) is 5.03 Å². The lowest BCUT2D eigenvalue weighted by Crippen LogP contribution is -2.19. The number of carbonyl (C=O) groups excluding carboxylic acids is 1. The third-order valence-corrected chi connectivity index (χ3v) is 2.63. The van der Waals surface area contributed by atoms with Crippen molar-refractivity contribution in [2.24, 2.45) is 0 Å². The van der Waals surface area contributed by atoms with E-state index < -0.39 is 0 Å². The molecule has 0 saturated carbocycles. The van der Waals surface area contributed by atoms with E-state index in [1.807, 2.05) is 6.26 Å². The molecule has 0 saturated heterocycles. The number of hydrogen-bond donors (Lipinski definition) is 1. The second-order valence-corrected chi connectivity index (χ2v) is 4.00. The number of aromatic nitrogens is 1. The van der Waals surface area contributed by atoms with Gasteiger partial charge in [-0.2, -0.15) is 0 Å². The summed E-state index contributed by atoms with van der Waals surface area (Å²) < 4.78 is 0.809. The number of nitrogens with one attached hydrogen (secondary N) is 1. The van der Waals surface area contributed by atoms with Crippen molar-refractivity contribution in [3.8, 4) is 0 Å². The summed E-state index contributed by atoms with van der Waals surface area (Å²) >= 11 is 4.73. The van der Waals surface area contributed by atoms with E-state index in [2.05, 4.69) is 26.2 Å². The van der Waals surface area contributed by atoms with Gasteiger partial charge in [0, 0.05) is 17.7 Å². The van der Waals surface area contributed by atoms with Crippen LogP contribution in [0.5, 0.6) is 0 Å². The molecule has 0 aliphatic heterocycles. The Bertz CT molecular complexity index is 330. The van der Waals surface area contributed by atoms with Crippen LogP contribution in [0, 0.1) is 0 Å². The van der Waals surface area contributed by atoms with E-state index >= 15 is 0 Å². The van der Waals surface area contributed by atoms with Crippen molar-refractivity contribution in [1.82, 2.24) is 10.3 Å². The largest absolute Gasteiger partial charge is 0.355 e. The fourth-order valence-corrected chi connectivity index (χ4v) is 1.75. The van der Waals surface area contributed by atoms with Gasteiger partial charge in [-0.3, -0.25) is 4.79 Å². The molecule has 5 heteroatoms. The molecule has 0 aromatic carbocycles. The number of rotatable bonds is 2. The Balaban J connectivity index is 3.15. The quantitative estimate of drug-likeness (QED) is 0.827. The average molecular weight is 261 g/mol. The van der Waals surface area contributed by atoms with Gasteiger partial charge in [-0.25, -0.2) is 4.98 Å². The van der Waals surface area contributed by atoms with Crippen molar-refractivity contribution < 1.29 is 4.79 Å². The summed E-state index contributed by atoms with van der Waals surface area (Å²) in [5.41, 5.74) is 0.601. The Morgan fingerprint density at radius 2 is 2.38 bits per heavy atom. The van der Waals surface area contributed by atoms with E-state index in [0.29, 0.717) is 5.56 Å². The number of carbonyl (C=O) groups is 1. The highest BCUT2D eigenvalue weighted by molar-refractivity contribution is 9.10. The fourth-order valence-electron chi connectivity index (χ4n) is 0.887. The molecule has 0 spiro atoms. The third-order valence-electron chi connectivity index (χ3n) is 1.48. The summed E-state index contributed by atoms with van der Waals surface area (Å²) in [6, 6.07) is 1.76. The van der Waals surface area contributed by atoms with Gasteiger partial charge in [0.15, 0.2) is 0 Å². The van der Waals surface area contributed by atoms with E-state index in [-0.39, 0.29) is 5.91 Å². The van der Waals surface area contributed by atoms with E-state index in [1.165, 1.54) is 11.8 Å². The topological polar surface area (TPSA) is 42.0 Å². The van der Waals surface area contributed by atoms with Crippen molar-refractivity contribution in [3.05, 3.63) is 22.3 Å². The van der Waals surface area contributed by atoms with E-state index in [1.54, 1.807) is 19.3 Å². The lowest BCUT2D eigenvalue weighted by molar-refractivity contribution is 0.0959. The average Bonchev–Trinajstić information content (AvgIpc) is 2.16. The van der Waals surface area contributed by atoms with Crippen molar-refractivity contribution in [3.63, 3.8) is 0 Å². The van der Waals surface area contributed by atoms with Crippen LogP contribution in [0.1, 0.15) is 10.4 Å². The van der Waals surface area contributed by atoms with Crippen LogP contribution in [0.3, 0.4) is 0 Å². The summed E-state index contributed by atoms with van der Waals surface area (Å²) in [7, 11) is 1.60. The van der Waals surface area contributed by atoms with Crippen LogP contribution in [-0.2, 0) is 0 Å². The Kier molecular flexibility index (Phi) is 3.74. The molecule has 70 valence electrons. The van der Waals surface area contributed by atoms with Crippen LogP contribution in [0.4, 0.5) is 0 Å².